The van der Waals surface area contributed by atoms with Gasteiger partial charge in [0.2, 0.25) is 0 Å². The van der Waals surface area contributed by atoms with E-state index in [0.717, 1.165) is 99.2 Å². The summed E-state index contributed by atoms with van der Waals surface area (Å²) in [6, 6.07) is 106. The Morgan fingerprint density at radius 3 is 0.500 bits per heavy atom. The van der Waals surface area contributed by atoms with Crippen LogP contribution >= 0.6 is 0 Å². The average molecular weight is 921 g/mol. The van der Waals surface area contributed by atoms with Gasteiger partial charge in [-0.3, -0.25) is 0 Å². The SMILES string of the molecule is c1ccc(-n2c3ccc(cc3)c3ccc(cc3)n(-c3ccccc3)c3ccc4ccc(cc4c3)n(-c3ccccc3)c3ccc(cc3)c3ccc(cc3)n(-c3ccccc3)c3ccc4ccc2cc4c3)cc1. The van der Waals surface area contributed by atoms with E-state index in [2.05, 4.69) is 309 Å². The third-order valence-electron chi connectivity index (χ3n) is 13.9. The minimum atomic E-state index is 1.08. The Morgan fingerprint density at radius 1 is 0.139 bits per heavy atom. The number of rotatable bonds is 4. The van der Waals surface area contributed by atoms with Gasteiger partial charge in [0.05, 0.1) is 0 Å². The molecule has 4 heteroatoms. The summed E-state index contributed by atoms with van der Waals surface area (Å²) in [6.07, 6.45) is 0. The lowest BCUT2D eigenvalue weighted by molar-refractivity contribution is 1.15. The lowest BCUT2D eigenvalue weighted by Crippen LogP contribution is -1.98. The molecule has 0 aliphatic heterocycles. The normalized spacial score (nSPS) is 11.3. The molecule has 19 rings (SSSR count). The quantitative estimate of drug-likeness (QED) is 0.168. The highest BCUT2D eigenvalue weighted by molar-refractivity contribution is 5.94. The van der Waals surface area contributed by atoms with E-state index >= 15 is 0 Å². The number of hydrogen-bond donors (Lipinski definition) is 0. The van der Waals surface area contributed by atoms with E-state index in [1.54, 1.807) is 0 Å². The van der Waals surface area contributed by atoms with Crippen molar-refractivity contribution in [1.82, 2.24) is 18.3 Å². The monoisotopic (exact) mass is 920 g/mol. The van der Waals surface area contributed by atoms with Gasteiger partial charge in [-0.05, 0) is 189 Å². The Labute approximate surface area is 417 Å². The molecule has 4 nitrogen and oxygen atoms in total. The van der Waals surface area contributed by atoms with Crippen LogP contribution in [0.3, 0.4) is 0 Å². The van der Waals surface area contributed by atoms with Crippen molar-refractivity contribution in [3.8, 4) is 22.7 Å². The maximum absolute atomic E-state index is 2.35. The van der Waals surface area contributed by atoms with Crippen molar-refractivity contribution >= 4 is 87.2 Å². The lowest BCUT2D eigenvalue weighted by Gasteiger charge is -2.14. The zero-order chi connectivity index (χ0) is 47.8. The first-order valence-electron chi connectivity index (χ1n) is 24.6. The van der Waals surface area contributed by atoms with Crippen molar-refractivity contribution in [1.29, 1.82) is 0 Å². The first kappa shape index (κ1) is 42.5. The van der Waals surface area contributed by atoms with Gasteiger partial charge < -0.3 is 18.3 Å². The molecule has 7 heterocycles. The second kappa shape index (κ2) is 18.4. The van der Waals surface area contributed by atoms with Gasteiger partial charge >= 0.3 is 0 Å². The maximum Gasteiger partial charge on any atom is 0.0468 e. The minimum Gasteiger partial charge on any atom is -0.310 e. The molecule has 0 unspecified atom stereocenters. The van der Waals surface area contributed by atoms with E-state index < -0.39 is 0 Å². The van der Waals surface area contributed by atoms with Gasteiger partial charge in [-0.25, -0.2) is 0 Å². The highest BCUT2D eigenvalue weighted by Gasteiger charge is 2.08. The fraction of sp³-hybridized carbons (Fsp3) is 0. The van der Waals surface area contributed by atoms with E-state index in [1.165, 1.54) is 10.8 Å². The van der Waals surface area contributed by atoms with Crippen LogP contribution in [-0.4, -0.2) is 18.3 Å². The fourth-order valence-electron chi connectivity index (χ4n) is 10.3. The average Bonchev–Trinajstić information content (AvgIpc) is 3.45. The van der Waals surface area contributed by atoms with Crippen molar-refractivity contribution in [2.24, 2.45) is 0 Å². The van der Waals surface area contributed by atoms with E-state index in [9.17, 15) is 0 Å². The van der Waals surface area contributed by atoms with Gasteiger partial charge in [0.25, 0.3) is 0 Å². The molecule has 19 aromatic rings. The van der Waals surface area contributed by atoms with Crippen LogP contribution in [0.25, 0.3) is 110 Å². The molecule has 0 spiro atoms. The van der Waals surface area contributed by atoms with Gasteiger partial charge in [-0.1, -0.05) is 146 Å². The first-order valence-corrected chi connectivity index (χ1v) is 24.6. The topological polar surface area (TPSA) is 19.7 Å². The minimum absolute atomic E-state index is 1.08. The maximum atomic E-state index is 2.35. The second-order valence-corrected chi connectivity index (χ2v) is 18.3. The molecule has 7 aromatic heterocycles. The largest absolute Gasteiger partial charge is 0.310 e. The molecule has 14 bridgehead atoms. The number of nitrogens with zero attached hydrogens (tertiary/aromatic N) is 4. The van der Waals surface area contributed by atoms with Crippen molar-refractivity contribution in [2.75, 3.05) is 0 Å². The summed E-state index contributed by atoms with van der Waals surface area (Å²) in [5, 5.41) is 9.26. The molecule has 0 aliphatic rings. The highest BCUT2D eigenvalue weighted by atomic mass is 15.0. The summed E-state index contributed by atoms with van der Waals surface area (Å²) in [7, 11) is 0. The molecule has 0 amide bonds. The zero-order valence-corrected chi connectivity index (χ0v) is 39.5. The molecular weight excluding hydrogens is 873 g/mol. The van der Waals surface area contributed by atoms with Crippen LogP contribution in [0.1, 0.15) is 0 Å². The van der Waals surface area contributed by atoms with Crippen LogP contribution in [0, 0.1) is 0 Å². The summed E-state index contributed by atoms with van der Waals surface area (Å²) in [4.78, 5) is 0. The summed E-state index contributed by atoms with van der Waals surface area (Å²) in [6.45, 7) is 0. The molecule has 340 valence electrons. The van der Waals surface area contributed by atoms with Gasteiger partial charge in [-0.2, -0.15) is 0 Å². The summed E-state index contributed by atoms with van der Waals surface area (Å²) >= 11 is 0. The zero-order valence-electron chi connectivity index (χ0n) is 39.5. The number of para-hydroxylation sites is 4. The predicted octanol–water partition coefficient (Wildman–Crippen LogP) is 18.0. The standard InChI is InChI=1S/C68H48N4/c1-5-13-57(14-6-1)69-61-33-21-49(22-34-61)50-23-35-63(36-24-50)71(59-17-9-3-10-18-59)67-43-31-54-32-44-68(48-56(54)47-67)72(60-19-11-4-12-20-60)64-39-27-52(28-40-64)51-25-37-62(38-26-51)70(58-15-7-2-8-16-58)66-42-30-53-29-41-65(69)45-55(53)46-66/h1-48H. The highest BCUT2D eigenvalue weighted by Crippen LogP contribution is 2.29. The molecule has 0 fully saturated rings. The third kappa shape index (κ3) is 8.07. The molecule has 0 saturated heterocycles. The Morgan fingerprint density at radius 2 is 0.306 bits per heavy atom. The van der Waals surface area contributed by atoms with Crippen LogP contribution in [0.4, 0.5) is 0 Å². The molecule has 0 aliphatic carbocycles. The van der Waals surface area contributed by atoms with Crippen molar-refractivity contribution in [3.63, 3.8) is 0 Å². The van der Waals surface area contributed by atoms with Crippen molar-refractivity contribution < 1.29 is 0 Å². The molecule has 0 saturated carbocycles. The second-order valence-electron chi connectivity index (χ2n) is 18.3. The van der Waals surface area contributed by atoms with Gasteiger partial charge in [0.1, 0.15) is 0 Å². The lowest BCUT2D eigenvalue weighted by atomic mass is 10.1. The molecule has 12 aromatic carbocycles. The smallest absolute Gasteiger partial charge is 0.0468 e. The molecule has 0 radical (unpaired) electrons. The van der Waals surface area contributed by atoms with Gasteiger partial charge in [0.15, 0.2) is 0 Å². The van der Waals surface area contributed by atoms with E-state index in [0.29, 0.717) is 0 Å². The Bertz CT molecular complexity index is 3780. The molecule has 72 heavy (non-hydrogen) atoms. The first-order chi connectivity index (χ1) is 35.7. The number of aromatic nitrogens is 4. The Kier molecular flexibility index (Phi) is 10.8. The number of benzene rings is 12. The number of hydrogen-bond acceptors (Lipinski definition) is 0. The molecule has 0 atom stereocenters. The van der Waals surface area contributed by atoms with E-state index in [1.807, 2.05) is 0 Å². The predicted molar refractivity (Wildman–Crippen MR) is 305 cm³/mol. The van der Waals surface area contributed by atoms with Crippen LogP contribution in [0.5, 0.6) is 0 Å². The third-order valence-corrected chi connectivity index (χ3v) is 13.9. The fourth-order valence-corrected chi connectivity index (χ4v) is 10.3. The Balaban J connectivity index is 1.12. The van der Waals surface area contributed by atoms with Crippen LogP contribution in [0.15, 0.2) is 291 Å². The molecular formula is C68H48N4. The summed E-state index contributed by atoms with van der Waals surface area (Å²) in [5.41, 5.74) is 13.0. The van der Waals surface area contributed by atoms with Gasteiger partial charge in [-0.15, -0.1) is 0 Å². The van der Waals surface area contributed by atoms with Gasteiger partial charge in [0, 0.05) is 66.9 Å². The van der Waals surface area contributed by atoms with Crippen LogP contribution < -0.4 is 0 Å². The van der Waals surface area contributed by atoms with Crippen molar-refractivity contribution in [3.05, 3.63) is 291 Å². The van der Waals surface area contributed by atoms with Crippen molar-refractivity contribution in [2.45, 2.75) is 0 Å². The Hall–Kier alpha value is -9.64. The molecule has 0 N–H and O–H groups in total. The summed E-state index contributed by atoms with van der Waals surface area (Å²) < 4.78 is 9.40. The van der Waals surface area contributed by atoms with Crippen LogP contribution in [-0.2, 0) is 0 Å². The van der Waals surface area contributed by atoms with E-state index in [-0.39, 0.29) is 0 Å². The summed E-state index contributed by atoms with van der Waals surface area (Å²) in [5.74, 6) is 0. The van der Waals surface area contributed by atoms with E-state index in [4.69, 9.17) is 0 Å². The van der Waals surface area contributed by atoms with Crippen LogP contribution in [0.2, 0.25) is 0 Å².